The quantitative estimate of drug-likeness (QED) is 0.151. The summed E-state index contributed by atoms with van der Waals surface area (Å²) in [6.07, 6.45) is 5.84. The van der Waals surface area contributed by atoms with Gasteiger partial charge in [0.1, 0.15) is 23.7 Å². The van der Waals surface area contributed by atoms with Crippen LogP contribution in [0.1, 0.15) is 65.2 Å². The Bertz CT molecular complexity index is 1470. The molecule has 5 aliphatic heterocycles. The maximum Gasteiger partial charge on any atom is 0.336 e. The number of quaternary nitrogens is 1. The zero-order valence-electron chi connectivity index (χ0n) is 29.4. The molecule has 6 fully saturated rings. The first-order valence-corrected chi connectivity index (χ1v) is 19.2. The molecule has 0 radical (unpaired) electrons. The molecule has 0 spiro atoms. The zero-order valence-corrected chi connectivity index (χ0v) is 29.4. The number of nitrogens with one attached hydrogen (secondary N) is 1. The van der Waals surface area contributed by atoms with Crippen molar-refractivity contribution in [1.82, 2.24) is 5.32 Å². The lowest BCUT2D eigenvalue weighted by molar-refractivity contribution is -0.706. The van der Waals surface area contributed by atoms with E-state index < -0.39 is 60.5 Å². The second-order valence-corrected chi connectivity index (χ2v) is 16.8. The number of aliphatic hydroxyl groups is 3. The summed E-state index contributed by atoms with van der Waals surface area (Å²) in [5, 5.41) is 38.1. The highest BCUT2D eigenvalue weighted by atomic mass is 16.6. The van der Waals surface area contributed by atoms with Gasteiger partial charge in [-0.25, -0.2) is 4.79 Å². The first kappa shape index (κ1) is 35.1. The fourth-order valence-corrected chi connectivity index (χ4v) is 11.9. The average molecular weight is 698 g/mol. The molecule has 276 valence electrons. The van der Waals surface area contributed by atoms with Crippen molar-refractivity contribution in [3.63, 3.8) is 0 Å². The number of aliphatic hydroxyl groups excluding tert-OH is 3. The van der Waals surface area contributed by atoms with Crippen LogP contribution in [0, 0.1) is 47.3 Å². The topological polar surface area (TPSA) is 203 Å². The molecule has 5 heterocycles. The summed E-state index contributed by atoms with van der Waals surface area (Å²) >= 11 is 0. The molecule has 13 unspecified atom stereocenters. The lowest BCUT2D eigenvalue weighted by atomic mass is 9.57. The second-order valence-electron chi connectivity index (χ2n) is 16.8. The van der Waals surface area contributed by atoms with Crippen LogP contribution in [0.4, 0.5) is 0 Å². The minimum absolute atomic E-state index is 0.0248. The molecule has 1 saturated carbocycles. The Morgan fingerprint density at radius 3 is 2.68 bits per heavy atom. The number of allylic oxidation sites excluding steroid dienone is 3. The van der Waals surface area contributed by atoms with Gasteiger partial charge in [-0.3, -0.25) is 10.5 Å². The third kappa shape index (κ3) is 5.60. The van der Waals surface area contributed by atoms with Gasteiger partial charge in [-0.05, 0) is 81.9 Å². The van der Waals surface area contributed by atoms with Crippen LogP contribution in [0.5, 0.6) is 0 Å². The summed E-state index contributed by atoms with van der Waals surface area (Å²) in [4.78, 5) is 27.5. The number of carbonyl (C=O) groups excluding carboxylic acids is 2. The van der Waals surface area contributed by atoms with Crippen LogP contribution in [0.2, 0.25) is 0 Å². The van der Waals surface area contributed by atoms with Gasteiger partial charge in [0.2, 0.25) is 0 Å². The Balaban J connectivity index is 1.30. The van der Waals surface area contributed by atoms with E-state index in [1.54, 1.807) is 13.0 Å². The van der Waals surface area contributed by atoms with Gasteiger partial charge in [0, 0.05) is 42.4 Å². The average Bonchev–Trinajstić information content (AvgIpc) is 3.40. The summed E-state index contributed by atoms with van der Waals surface area (Å²) in [7, 11) is 0. The number of hydrogen-bond donors (Lipinski definition) is 7. The molecular weight excluding hydrogens is 640 g/mol. The summed E-state index contributed by atoms with van der Waals surface area (Å²) in [6.45, 7) is 4.78. The van der Waals surface area contributed by atoms with E-state index in [9.17, 15) is 24.9 Å². The van der Waals surface area contributed by atoms with Gasteiger partial charge < -0.3 is 45.9 Å². The van der Waals surface area contributed by atoms with Crippen molar-refractivity contribution in [3.8, 4) is 0 Å². The maximum atomic E-state index is 13.8. The summed E-state index contributed by atoms with van der Waals surface area (Å²) in [5.74, 6) is -1.28. The van der Waals surface area contributed by atoms with Gasteiger partial charge in [-0.15, -0.1) is 0 Å². The Morgan fingerprint density at radius 2 is 1.92 bits per heavy atom. The number of piperidine rings is 2. The van der Waals surface area contributed by atoms with E-state index >= 15 is 0 Å². The van der Waals surface area contributed by atoms with Crippen molar-refractivity contribution in [2.24, 2.45) is 58.8 Å². The highest BCUT2D eigenvalue weighted by Crippen LogP contribution is 2.59. The van der Waals surface area contributed by atoms with Crippen molar-refractivity contribution in [3.05, 3.63) is 34.4 Å². The number of Topliss-reactive ketones (excluding diaryl/α,β-unsaturated/α-hetero) is 1. The maximum absolute atomic E-state index is 13.8. The van der Waals surface area contributed by atoms with Gasteiger partial charge in [-0.1, -0.05) is 17.7 Å². The lowest BCUT2D eigenvalue weighted by Crippen LogP contribution is -2.96. The van der Waals surface area contributed by atoms with Crippen molar-refractivity contribution < 1.29 is 44.4 Å². The molecule has 8 aliphatic rings. The number of esters is 1. The smallest absolute Gasteiger partial charge is 0.336 e. The first-order valence-electron chi connectivity index (χ1n) is 19.2. The number of carbonyl (C=O) groups is 2. The van der Waals surface area contributed by atoms with Gasteiger partial charge in [0.05, 0.1) is 61.8 Å². The van der Waals surface area contributed by atoms with Crippen molar-refractivity contribution in [2.75, 3.05) is 26.3 Å². The fourth-order valence-electron chi connectivity index (χ4n) is 11.9. The van der Waals surface area contributed by atoms with Crippen LogP contribution in [0.3, 0.4) is 0 Å². The van der Waals surface area contributed by atoms with Crippen LogP contribution in [0.15, 0.2) is 34.4 Å². The van der Waals surface area contributed by atoms with E-state index in [1.165, 1.54) is 16.7 Å². The molecular formula is C38H57N4O8+. The molecule has 0 amide bonds. The Labute approximate surface area is 294 Å². The number of nitrogens with two attached hydrogens (primary N) is 3. The van der Waals surface area contributed by atoms with Crippen LogP contribution in [-0.4, -0.2) is 102 Å². The number of hydrogen-bond acceptors (Lipinski definition) is 11. The molecule has 5 saturated heterocycles. The van der Waals surface area contributed by atoms with Crippen LogP contribution < -0.4 is 22.1 Å². The zero-order chi connectivity index (χ0) is 35.1. The highest BCUT2D eigenvalue weighted by molar-refractivity contribution is 5.88. The molecule has 50 heavy (non-hydrogen) atoms. The van der Waals surface area contributed by atoms with Gasteiger partial charge >= 0.3 is 5.97 Å². The molecule has 8 rings (SSSR count). The predicted octanol–water partition coefficient (Wildman–Crippen LogP) is -0.238. The summed E-state index contributed by atoms with van der Waals surface area (Å²) in [6, 6.07) is 0. The SMILES string of the molecule is CC=C(CO)C(=O)O[C@H]1CC2C(O)C3C(=O)CC(CO)OC3C3CC4CCNC(N)C4C4=CCC5=C4[C@@H](CC4C[NH2+]C(N)CC4C5)[C@]1(C)OC23. The lowest BCUT2D eigenvalue weighted by Gasteiger charge is -2.61. The van der Waals surface area contributed by atoms with Crippen molar-refractivity contribution in [2.45, 2.75) is 114 Å². The third-order valence-corrected chi connectivity index (χ3v) is 14.4. The number of ketones is 1. The molecule has 0 aromatic carbocycles. The summed E-state index contributed by atoms with van der Waals surface area (Å²) < 4.78 is 20.5. The standard InChI is InChI=1S/C38H56N4O8/c1-3-17(15-43)37(47)49-28-13-24-33(46)32-27(45)12-22(16-44)48-35(32)25-9-19-6-7-41-36(40)31(19)23-5-4-18-8-20-11-29(39)42-14-21(20)10-26(30(18)23)38(28,2)50-34(24)25/h3,5,19-22,24-26,28-29,31-36,41-44,46H,4,6-16,39-40H2,1-2H3/p+1/t19?,20?,21?,22?,24?,25?,26-,28+,29?,31?,32?,33?,34?,35?,36?,38+/m1/s1. The van der Waals surface area contributed by atoms with Crippen LogP contribution in [-0.2, 0) is 23.8 Å². The van der Waals surface area contributed by atoms with E-state index in [-0.39, 0.29) is 60.4 Å². The highest BCUT2D eigenvalue weighted by Gasteiger charge is 2.65. The number of fused-ring (bicyclic) bond motifs is 7. The predicted molar refractivity (Wildman–Crippen MR) is 181 cm³/mol. The fraction of sp³-hybridized carbons (Fsp3) is 0.789. The summed E-state index contributed by atoms with van der Waals surface area (Å²) in [5.41, 5.74) is 16.8. The normalized spacial score (nSPS) is 48.7. The van der Waals surface area contributed by atoms with E-state index in [4.69, 9.17) is 25.7 Å². The minimum atomic E-state index is -1.06. The second kappa shape index (κ2) is 13.4. The van der Waals surface area contributed by atoms with E-state index in [2.05, 4.69) is 23.6 Å². The van der Waals surface area contributed by atoms with Crippen molar-refractivity contribution >= 4 is 11.8 Å². The molecule has 12 nitrogen and oxygen atoms in total. The molecule has 10 N–H and O–H groups in total. The van der Waals surface area contributed by atoms with Crippen LogP contribution in [0.25, 0.3) is 0 Å². The first-order chi connectivity index (χ1) is 24.1. The van der Waals surface area contributed by atoms with E-state index in [0.29, 0.717) is 24.7 Å². The number of ether oxygens (including phenoxy) is 3. The molecule has 0 aromatic rings. The van der Waals surface area contributed by atoms with Gasteiger partial charge in [0.15, 0.2) is 0 Å². The molecule has 2 bridgehead atoms. The Hall–Kier alpha value is -2.00. The van der Waals surface area contributed by atoms with Crippen LogP contribution >= 0.6 is 0 Å². The number of rotatable bonds is 4. The third-order valence-electron chi connectivity index (χ3n) is 14.4. The van der Waals surface area contributed by atoms with Crippen molar-refractivity contribution in [1.29, 1.82) is 0 Å². The molecule has 3 aliphatic carbocycles. The molecule has 0 aromatic heterocycles. The monoisotopic (exact) mass is 697 g/mol. The van der Waals surface area contributed by atoms with E-state index in [0.717, 1.165) is 45.2 Å². The van der Waals surface area contributed by atoms with Gasteiger partial charge in [-0.2, -0.15) is 0 Å². The minimum Gasteiger partial charge on any atom is -0.456 e. The Morgan fingerprint density at radius 1 is 1.10 bits per heavy atom. The Kier molecular flexibility index (Phi) is 9.43. The van der Waals surface area contributed by atoms with Gasteiger partial charge in [0.25, 0.3) is 0 Å². The molecule has 16 atom stereocenters. The molecule has 12 heteroatoms. The largest absolute Gasteiger partial charge is 0.456 e. The van der Waals surface area contributed by atoms with E-state index in [1.807, 2.05) is 0 Å².